The lowest BCUT2D eigenvalue weighted by Gasteiger charge is -2.36. The number of hydrogen-bond acceptors (Lipinski definition) is 2. The van der Waals surface area contributed by atoms with Crippen molar-refractivity contribution in [1.29, 1.82) is 0 Å². The minimum Gasteiger partial charge on any atom is -0.291 e. The van der Waals surface area contributed by atoms with Crippen molar-refractivity contribution in [2.75, 3.05) is 13.1 Å². The van der Waals surface area contributed by atoms with Gasteiger partial charge in [-0.25, -0.2) is 0 Å². The highest BCUT2D eigenvalue weighted by Crippen LogP contribution is 2.63. The van der Waals surface area contributed by atoms with Crippen molar-refractivity contribution in [2.24, 2.45) is 0 Å². The molecule has 3 nitrogen and oxygen atoms in total. The minimum absolute atomic E-state index is 0.241. The summed E-state index contributed by atoms with van der Waals surface area (Å²) < 4.78 is 8.27. The van der Waals surface area contributed by atoms with Crippen LogP contribution < -0.4 is 5.44 Å². The van der Waals surface area contributed by atoms with Crippen molar-refractivity contribution >= 4 is 25.7 Å². The molecule has 0 unspecified atom stereocenters. The topological polar surface area (TPSA) is 13.1 Å². The molecule has 6 rings (SSSR count). The quantitative estimate of drug-likeness (QED) is 0.136. The van der Waals surface area contributed by atoms with E-state index in [1.165, 1.54) is 72.4 Å². The van der Waals surface area contributed by atoms with Crippen LogP contribution in [0.25, 0.3) is 22.5 Å². The van der Waals surface area contributed by atoms with Gasteiger partial charge in [0.2, 0.25) is 0 Å². The molecule has 1 heterocycles. The molecule has 0 spiro atoms. The molecule has 0 radical (unpaired) electrons. The molecule has 1 aliphatic carbocycles. The molecule has 0 saturated carbocycles. The van der Waals surface area contributed by atoms with E-state index in [2.05, 4.69) is 148 Å². The van der Waals surface area contributed by atoms with Gasteiger partial charge in [-0.1, -0.05) is 97.8 Å². The molecule has 0 bridgehead atoms. The number of hydrogen-bond donors (Lipinski definition) is 0. The molecule has 4 aromatic carbocycles. The zero-order valence-electron chi connectivity index (χ0n) is 26.7. The van der Waals surface area contributed by atoms with E-state index in [-0.39, 0.29) is 5.66 Å². The second-order valence-electron chi connectivity index (χ2n) is 12.0. The third-order valence-corrected chi connectivity index (χ3v) is 12.3. The largest absolute Gasteiger partial charge is 0.291 e. The Morgan fingerprint density at radius 2 is 1.12 bits per heavy atom. The molecule has 0 amide bonds. The van der Waals surface area contributed by atoms with Gasteiger partial charge in [-0.15, -0.1) is 0 Å². The fourth-order valence-corrected chi connectivity index (χ4v) is 10.9. The molecule has 5 aromatic rings. The van der Waals surface area contributed by atoms with Gasteiger partial charge in [-0.05, 0) is 111 Å². The van der Waals surface area contributed by atoms with Crippen LogP contribution in [0.2, 0.25) is 0 Å². The van der Waals surface area contributed by atoms with E-state index in [0.717, 1.165) is 17.9 Å². The molecule has 220 valence electrons. The van der Waals surface area contributed by atoms with E-state index >= 15 is 0 Å². The first kappa shape index (κ1) is 29.8. The van der Waals surface area contributed by atoms with Gasteiger partial charge >= 0.3 is 0 Å². The smallest absolute Gasteiger partial charge is 0.189 e. The Balaban J connectivity index is 1.73. The zero-order valence-corrected chi connectivity index (χ0v) is 28.4. The molecule has 0 aliphatic heterocycles. The number of rotatable bonds is 7. The number of aromatic nitrogens is 2. The molecule has 1 aromatic heterocycles. The first-order valence-electron chi connectivity index (χ1n) is 15.4. The number of benzene rings is 4. The molecule has 1 aliphatic rings. The SMILES string of the molecule is CCN(CC)[P@@](c1cn(-c2c(C)cc(C)cc2C)c(=S)n1-c1c(C)cc(C)cc1C)C1c2ccccc2-c2ccccc21. The Hall–Kier alpha value is -3.30. The van der Waals surface area contributed by atoms with Crippen LogP contribution in [0.4, 0.5) is 0 Å². The highest BCUT2D eigenvalue weighted by molar-refractivity contribution is 7.71. The first-order chi connectivity index (χ1) is 20.7. The normalized spacial score (nSPS) is 13.4. The van der Waals surface area contributed by atoms with Crippen molar-refractivity contribution in [3.8, 4) is 22.5 Å². The Labute approximate surface area is 263 Å². The van der Waals surface area contributed by atoms with Gasteiger partial charge in [-0.3, -0.25) is 13.8 Å². The highest BCUT2D eigenvalue weighted by Gasteiger charge is 2.40. The fourth-order valence-electron chi connectivity index (χ4n) is 7.40. The fraction of sp³-hybridized carbons (Fsp3) is 0.289. The number of nitrogens with zero attached hydrogens (tertiary/aromatic N) is 3. The van der Waals surface area contributed by atoms with Crippen LogP contribution in [0, 0.1) is 46.3 Å². The maximum Gasteiger partial charge on any atom is 0.189 e. The Morgan fingerprint density at radius 3 is 1.58 bits per heavy atom. The average molecular weight is 604 g/mol. The van der Waals surface area contributed by atoms with Crippen LogP contribution in [-0.2, 0) is 0 Å². The van der Waals surface area contributed by atoms with Gasteiger partial charge in [0.25, 0.3) is 0 Å². The Kier molecular flexibility index (Phi) is 8.07. The predicted octanol–water partition coefficient (Wildman–Crippen LogP) is 9.98. The van der Waals surface area contributed by atoms with Gasteiger partial charge < -0.3 is 0 Å². The summed E-state index contributed by atoms with van der Waals surface area (Å²) in [5.41, 5.74) is 17.1. The third-order valence-electron chi connectivity index (χ3n) is 8.92. The van der Waals surface area contributed by atoms with Crippen LogP contribution in [-0.4, -0.2) is 26.9 Å². The molecular formula is C38H42N3PS. The summed E-state index contributed by atoms with van der Waals surface area (Å²) in [5.74, 6) is 0. The molecule has 0 N–H and O–H groups in total. The highest BCUT2D eigenvalue weighted by atomic mass is 32.1. The Bertz CT molecular complexity index is 1820. The number of imidazole rings is 1. The summed E-state index contributed by atoms with van der Waals surface area (Å²) in [7, 11) is -0.873. The lowest BCUT2D eigenvalue weighted by Crippen LogP contribution is -2.29. The molecule has 43 heavy (non-hydrogen) atoms. The zero-order chi connectivity index (χ0) is 30.6. The maximum absolute atomic E-state index is 6.51. The van der Waals surface area contributed by atoms with Crippen molar-refractivity contribution in [1.82, 2.24) is 13.8 Å². The van der Waals surface area contributed by atoms with Crippen molar-refractivity contribution in [2.45, 2.75) is 61.0 Å². The maximum atomic E-state index is 6.51. The summed E-state index contributed by atoms with van der Waals surface area (Å²) >= 11 is 6.51. The van der Waals surface area contributed by atoms with E-state index in [1.807, 2.05) is 0 Å². The molecule has 0 fully saturated rings. The minimum atomic E-state index is -0.873. The summed E-state index contributed by atoms with van der Waals surface area (Å²) in [6, 6.07) is 27.2. The first-order valence-corrected chi connectivity index (χ1v) is 17.2. The van der Waals surface area contributed by atoms with E-state index in [4.69, 9.17) is 12.2 Å². The monoisotopic (exact) mass is 603 g/mol. The summed E-state index contributed by atoms with van der Waals surface area (Å²) in [4.78, 5) is 0. The standard InChI is InChI=1S/C38H42N3PS/c1-9-39(10-2)42(37-32-17-13-11-15-30(32)31-16-12-14-18-33(31)37)34-23-40(35-26(5)19-24(3)20-27(35)6)38(43)41(34)36-28(7)21-25(4)22-29(36)8/h11-23,37H,9-10H2,1-8H3/t42-/m0/s1. The molecular weight excluding hydrogens is 561 g/mol. The van der Waals surface area contributed by atoms with Crippen molar-refractivity contribution < 1.29 is 0 Å². The number of aryl methyl sites for hydroxylation is 6. The van der Waals surface area contributed by atoms with Crippen molar-refractivity contribution in [3.63, 3.8) is 0 Å². The lowest BCUT2D eigenvalue weighted by atomic mass is 10.0. The van der Waals surface area contributed by atoms with E-state index in [0.29, 0.717) is 0 Å². The summed E-state index contributed by atoms with van der Waals surface area (Å²) in [5, 5.41) is 0. The van der Waals surface area contributed by atoms with Crippen molar-refractivity contribution in [3.05, 3.63) is 128 Å². The van der Waals surface area contributed by atoms with Gasteiger partial charge in [0.1, 0.15) is 0 Å². The molecule has 1 atom stereocenters. The van der Waals surface area contributed by atoms with Crippen LogP contribution in [0.15, 0.2) is 79.0 Å². The van der Waals surface area contributed by atoms with Crippen LogP contribution >= 0.6 is 20.3 Å². The predicted molar refractivity (Wildman–Crippen MR) is 188 cm³/mol. The summed E-state index contributed by atoms with van der Waals surface area (Å²) in [6.07, 6.45) is 2.39. The van der Waals surface area contributed by atoms with Crippen LogP contribution in [0.3, 0.4) is 0 Å². The van der Waals surface area contributed by atoms with Gasteiger partial charge in [0.15, 0.2) is 4.77 Å². The van der Waals surface area contributed by atoms with E-state index < -0.39 is 8.07 Å². The summed E-state index contributed by atoms with van der Waals surface area (Å²) in [6.45, 7) is 19.8. The van der Waals surface area contributed by atoms with Crippen LogP contribution in [0.5, 0.6) is 0 Å². The molecule has 5 heteroatoms. The van der Waals surface area contributed by atoms with Gasteiger partial charge in [0, 0.05) is 19.9 Å². The Morgan fingerprint density at radius 1 is 0.674 bits per heavy atom. The van der Waals surface area contributed by atoms with E-state index in [9.17, 15) is 0 Å². The second-order valence-corrected chi connectivity index (χ2v) is 14.6. The van der Waals surface area contributed by atoms with Gasteiger partial charge in [0.05, 0.1) is 16.8 Å². The van der Waals surface area contributed by atoms with E-state index in [1.54, 1.807) is 0 Å². The van der Waals surface area contributed by atoms with Gasteiger partial charge in [-0.2, -0.15) is 0 Å². The average Bonchev–Trinajstić information content (AvgIpc) is 3.46. The second kappa shape index (κ2) is 11.7. The number of fused-ring (bicyclic) bond motifs is 3. The third kappa shape index (κ3) is 4.94. The molecule has 0 saturated heterocycles. The lowest BCUT2D eigenvalue weighted by molar-refractivity contribution is 0.506. The van der Waals surface area contributed by atoms with Crippen LogP contribution in [0.1, 0.15) is 64.0 Å².